The third-order valence-electron chi connectivity index (χ3n) is 2.48. The van der Waals surface area contributed by atoms with Crippen LogP contribution < -0.4 is 10.5 Å². The summed E-state index contributed by atoms with van der Waals surface area (Å²) in [4.78, 5) is 11.1. The molecule has 0 bridgehead atoms. The Labute approximate surface area is 100 Å². The van der Waals surface area contributed by atoms with Crippen molar-refractivity contribution in [2.75, 3.05) is 14.2 Å². The number of carbonyl (C=O) groups excluding carboxylic acids is 1. The lowest BCUT2D eigenvalue weighted by atomic mass is 10.0. The number of esters is 1. The van der Waals surface area contributed by atoms with Gasteiger partial charge in [-0.15, -0.1) is 0 Å². The SMILES string of the molecule is COC(=O)C(N)CC(O)c1ccc(OC)cc1. The van der Waals surface area contributed by atoms with Crippen molar-refractivity contribution in [3.8, 4) is 5.75 Å². The number of nitrogens with two attached hydrogens (primary N) is 1. The number of aliphatic hydroxyl groups excluding tert-OH is 1. The van der Waals surface area contributed by atoms with E-state index in [1.54, 1.807) is 31.4 Å². The van der Waals surface area contributed by atoms with Gasteiger partial charge in [-0.25, -0.2) is 0 Å². The summed E-state index contributed by atoms with van der Waals surface area (Å²) in [5.41, 5.74) is 6.25. The predicted molar refractivity (Wildman–Crippen MR) is 62.6 cm³/mol. The van der Waals surface area contributed by atoms with Gasteiger partial charge in [0.25, 0.3) is 0 Å². The fourth-order valence-corrected chi connectivity index (χ4v) is 1.45. The smallest absolute Gasteiger partial charge is 0.322 e. The predicted octanol–water partition coefficient (Wildman–Crippen LogP) is 0.619. The van der Waals surface area contributed by atoms with E-state index in [1.807, 2.05) is 0 Å². The summed E-state index contributed by atoms with van der Waals surface area (Å²) in [6.45, 7) is 0. The molecular formula is C12H17NO4. The molecule has 0 spiro atoms. The van der Waals surface area contributed by atoms with E-state index >= 15 is 0 Å². The lowest BCUT2D eigenvalue weighted by Crippen LogP contribution is -2.33. The molecule has 1 rings (SSSR count). The lowest BCUT2D eigenvalue weighted by molar-refractivity contribution is -0.142. The van der Waals surface area contributed by atoms with Crippen molar-refractivity contribution in [1.82, 2.24) is 0 Å². The minimum atomic E-state index is -0.822. The van der Waals surface area contributed by atoms with Gasteiger partial charge in [0.1, 0.15) is 11.8 Å². The maximum absolute atomic E-state index is 11.1. The molecular weight excluding hydrogens is 222 g/mol. The van der Waals surface area contributed by atoms with Gasteiger partial charge in [-0.3, -0.25) is 4.79 Å². The zero-order chi connectivity index (χ0) is 12.8. The van der Waals surface area contributed by atoms with Gasteiger partial charge in [-0.2, -0.15) is 0 Å². The number of rotatable bonds is 5. The Hall–Kier alpha value is -1.59. The second-order valence-corrected chi connectivity index (χ2v) is 3.65. The van der Waals surface area contributed by atoms with Gasteiger partial charge in [0.2, 0.25) is 0 Å². The van der Waals surface area contributed by atoms with E-state index in [0.717, 1.165) is 0 Å². The molecule has 0 radical (unpaired) electrons. The standard InChI is InChI=1S/C12H17NO4/c1-16-9-5-3-8(4-6-9)11(14)7-10(13)12(15)17-2/h3-6,10-11,14H,7,13H2,1-2H3. The van der Waals surface area contributed by atoms with E-state index < -0.39 is 18.1 Å². The molecule has 0 aromatic heterocycles. The summed E-state index contributed by atoms with van der Waals surface area (Å²) in [6.07, 6.45) is -0.672. The van der Waals surface area contributed by atoms with E-state index in [4.69, 9.17) is 10.5 Å². The third kappa shape index (κ3) is 3.72. The highest BCUT2D eigenvalue weighted by Crippen LogP contribution is 2.21. The molecule has 94 valence electrons. The number of hydrogen-bond acceptors (Lipinski definition) is 5. The molecule has 3 N–H and O–H groups in total. The molecule has 0 amide bonds. The van der Waals surface area contributed by atoms with E-state index in [2.05, 4.69) is 4.74 Å². The molecule has 5 nitrogen and oxygen atoms in total. The van der Waals surface area contributed by atoms with Crippen molar-refractivity contribution < 1.29 is 19.4 Å². The van der Waals surface area contributed by atoms with Crippen LogP contribution in [-0.4, -0.2) is 31.3 Å². The number of hydrogen-bond donors (Lipinski definition) is 2. The van der Waals surface area contributed by atoms with Crippen molar-refractivity contribution >= 4 is 5.97 Å². The third-order valence-corrected chi connectivity index (χ3v) is 2.48. The van der Waals surface area contributed by atoms with Crippen molar-refractivity contribution in [1.29, 1.82) is 0 Å². The topological polar surface area (TPSA) is 81.8 Å². The van der Waals surface area contributed by atoms with Crippen LogP contribution in [0.5, 0.6) is 5.75 Å². The van der Waals surface area contributed by atoms with E-state index in [9.17, 15) is 9.90 Å². The lowest BCUT2D eigenvalue weighted by Gasteiger charge is -2.15. The van der Waals surface area contributed by atoms with Gasteiger partial charge in [-0.05, 0) is 17.7 Å². The van der Waals surface area contributed by atoms with Crippen molar-refractivity contribution in [3.05, 3.63) is 29.8 Å². The van der Waals surface area contributed by atoms with Gasteiger partial charge in [0.05, 0.1) is 20.3 Å². The molecule has 2 atom stereocenters. The molecule has 0 heterocycles. The molecule has 0 saturated heterocycles. The van der Waals surface area contributed by atoms with E-state index in [-0.39, 0.29) is 6.42 Å². The average Bonchev–Trinajstić information content (AvgIpc) is 2.37. The molecule has 0 fully saturated rings. The molecule has 2 unspecified atom stereocenters. The first-order chi connectivity index (χ1) is 8.08. The summed E-state index contributed by atoms with van der Waals surface area (Å²) in [5.74, 6) is 0.177. The van der Waals surface area contributed by atoms with Gasteiger partial charge in [0.15, 0.2) is 0 Å². The Morgan fingerprint density at radius 2 is 1.94 bits per heavy atom. The fourth-order valence-electron chi connectivity index (χ4n) is 1.45. The molecule has 5 heteroatoms. The molecule has 0 aliphatic carbocycles. The molecule has 1 aromatic rings. The summed E-state index contributed by atoms with van der Waals surface area (Å²) in [7, 11) is 2.83. The monoisotopic (exact) mass is 239 g/mol. The Morgan fingerprint density at radius 3 is 2.41 bits per heavy atom. The van der Waals surface area contributed by atoms with Crippen molar-refractivity contribution in [2.24, 2.45) is 5.73 Å². The fraction of sp³-hybridized carbons (Fsp3) is 0.417. The number of carbonyl (C=O) groups is 1. The summed E-state index contributed by atoms with van der Waals surface area (Å²) in [5, 5.41) is 9.87. The Morgan fingerprint density at radius 1 is 1.35 bits per heavy atom. The van der Waals surface area contributed by atoms with Crippen LogP contribution in [0.3, 0.4) is 0 Å². The zero-order valence-corrected chi connectivity index (χ0v) is 9.92. The minimum absolute atomic E-state index is 0.124. The van der Waals surface area contributed by atoms with Crippen LogP contribution in [-0.2, 0) is 9.53 Å². The Kier molecular flexibility index (Phi) is 4.93. The normalized spacial score (nSPS) is 13.9. The number of methoxy groups -OCH3 is 2. The highest BCUT2D eigenvalue weighted by Gasteiger charge is 2.19. The Bertz CT molecular complexity index is 363. The maximum atomic E-state index is 11.1. The van der Waals surface area contributed by atoms with Crippen LogP contribution >= 0.6 is 0 Å². The van der Waals surface area contributed by atoms with Crippen LogP contribution in [0.1, 0.15) is 18.1 Å². The molecule has 17 heavy (non-hydrogen) atoms. The quantitative estimate of drug-likeness (QED) is 0.736. The maximum Gasteiger partial charge on any atom is 0.322 e. The van der Waals surface area contributed by atoms with Crippen LogP contribution in [0.25, 0.3) is 0 Å². The van der Waals surface area contributed by atoms with E-state index in [1.165, 1.54) is 7.11 Å². The Balaban J connectivity index is 2.62. The molecule has 0 aliphatic rings. The van der Waals surface area contributed by atoms with Crippen LogP contribution in [0.4, 0.5) is 0 Å². The van der Waals surface area contributed by atoms with Crippen LogP contribution in [0.2, 0.25) is 0 Å². The largest absolute Gasteiger partial charge is 0.497 e. The highest BCUT2D eigenvalue weighted by molar-refractivity contribution is 5.75. The summed E-state index contributed by atoms with van der Waals surface area (Å²) in [6, 6.07) is 6.11. The zero-order valence-electron chi connectivity index (χ0n) is 9.92. The first kappa shape index (κ1) is 13.5. The second-order valence-electron chi connectivity index (χ2n) is 3.65. The number of aliphatic hydroxyl groups is 1. The van der Waals surface area contributed by atoms with Gasteiger partial charge < -0.3 is 20.3 Å². The van der Waals surface area contributed by atoms with Crippen LogP contribution in [0, 0.1) is 0 Å². The van der Waals surface area contributed by atoms with Gasteiger partial charge >= 0.3 is 5.97 Å². The molecule has 0 saturated carbocycles. The molecule has 0 aliphatic heterocycles. The second kappa shape index (κ2) is 6.22. The van der Waals surface area contributed by atoms with E-state index in [0.29, 0.717) is 11.3 Å². The number of ether oxygens (including phenoxy) is 2. The molecule has 1 aromatic carbocycles. The summed E-state index contributed by atoms with van der Waals surface area (Å²) >= 11 is 0. The van der Waals surface area contributed by atoms with Crippen molar-refractivity contribution in [3.63, 3.8) is 0 Å². The average molecular weight is 239 g/mol. The number of benzene rings is 1. The highest BCUT2D eigenvalue weighted by atomic mass is 16.5. The minimum Gasteiger partial charge on any atom is -0.497 e. The summed E-state index contributed by atoms with van der Waals surface area (Å²) < 4.78 is 9.50. The van der Waals surface area contributed by atoms with Gasteiger partial charge in [-0.1, -0.05) is 12.1 Å². The van der Waals surface area contributed by atoms with Crippen molar-refractivity contribution in [2.45, 2.75) is 18.6 Å². The first-order valence-corrected chi connectivity index (χ1v) is 5.24. The van der Waals surface area contributed by atoms with Crippen LogP contribution in [0.15, 0.2) is 24.3 Å². The first-order valence-electron chi connectivity index (χ1n) is 5.24. The van der Waals surface area contributed by atoms with Gasteiger partial charge in [0, 0.05) is 6.42 Å².